The molecule has 2 aliphatic rings. The van der Waals surface area contributed by atoms with Crippen molar-refractivity contribution in [3.8, 4) is 0 Å². The number of hydrogen-bond acceptors (Lipinski definition) is 1. The van der Waals surface area contributed by atoms with Crippen LogP contribution in [0.25, 0.3) is 0 Å². The first-order valence-corrected chi connectivity index (χ1v) is 6.63. The van der Waals surface area contributed by atoms with Crippen LogP contribution in [0.15, 0.2) is 0 Å². The second-order valence-corrected chi connectivity index (χ2v) is 5.23. The summed E-state index contributed by atoms with van der Waals surface area (Å²) in [5.74, 6) is 2.12. The lowest BCUT2D eigenvalue weighted by Gasteiger charge is -2.19. The van der Waals surface area contributed by atoms with Gasteiger partial charge in [-0.25, -0.2) is 0 Å². The molecule has 0 aromatic rings. The summed E-state index contributed by atoms with van der Waals surface area (Å²) in [5.41, 5.74) is 0. The lowest BCUT2D eigenvalue weighted by molar-refractivity contribution is 0.383. The molecule has 2 fully saturated rings. The van der Waals surface area contributed by atoms with Crippen molar-refractivity contribution in [2.75, 3.05) is 6.54 Å². The van der Waals surface area contributed by atoms with Crippen molar-refractivity contribution < 1.29 is 0 Å². The largest absolute Gasteiger partial charge is 0.314 e. The molecule has 1 N–H and O–H groups in total. The normalized spacial score (nSPS) is 25.5. The topological polar surface area (TPSA) is 12.0 Å². The van der Waals surface area contributed by atoms with Crippen molar-refractivity contribution in [1.29, 1.82) is 0 Å². The van der Waals surface area contributed by atoms with Crippen molar-refractivity contribution >= 4 is 0 Å². The van der Waals surface area contributed by atoms with Gasteiger partial charge in [-0.05, 0) is 44.1 Å². The molecule has 2 saturated carbocycles. The summed E-state index contributed by atoms with van der Waals surface area (Å²) in [4.78, 5) is 0. The maximum absolute atomic E-state index is 3.67. The maximum atomic E-state index is 3.67. The van der Waals surface area contributed by atoms with Crippen LogP contribution in [0.1, 0.15) is 58.3 Å². The van der Waals surface area contributed by atoms with Gasteiger partial charge >= 0.3 is 0 Å². The molecule has 1 unspecified atom stereocenters. The van der Waals surface area contributed by atoms with Crippen molar-refractivity contribution in [3.05, 3.63) is 0 Å². The van der Waals surface area contributed by atoms with Gasteiger partial charge in [0.2, 0.25) is 0 Å². The first-order valence-electron chi connectivity index (χ1n) is 6.63. The van der Waals surface area contributed by atoms with E-state index in [2.05, 4.69) is 12.2 Å². The smallest absolute Gasteiger partial charge is 0.00953 e. The maximum Gasteiger partial charge on any atom is 0.00953 e. The van der Waals surface area contributed by atoms with Crippen LogP contribution in [-0.4, -0.2) is 12.6 Å². The third-order valence-corrected chi connectivity index (χ3v) is 4.02. The van der Waals surface area contributed by atoms with E-state index in [1.807, 2.05) is 0 Å². The molecule has 1 atom stereocenters. The van der Waals surface area contributed by atoms with Gasteiger partial charge in [0.05, 0.1) is 0 Å². The third-order valence-electron chi connectivity index (χ3n) is 4.02. The lowest BCUT2D eigenvalue weighted by Crippen LogP contribution is -2.31. The Morgan fingerprint density at radius 1 is 1.14 bits per heavy atom. The zero-order chi connectivity index (χ0) is 9.80. The van der Waals surface area contributed by atoms with Gasteiger partial charge in [0, 0.05) is 6.04 Å². The fourth-order valence-corrected chi connectivity index (χ4v) is 2.98. The summed E-state index contributed by atoms with van der Waals surface area (Å²) >= 11 is 0. The van der Waals surface area contributed by atoms with E-state index >= 15 is 0 Å². The van der Waals surface area contributed by atoms with Crippen LogP contribution in [0.2, 0.25) is 0 Å². The van der Waals surface area contributed by atoms with E-state index in [9.17, 15) is 0 Å². The highest BCUT2D eigenvalue weighted by atomic mass is 14.9. The zero-order valence-electron chi connectivity index (χ0n) is 9.60. The molecule has 0 spiro atoms. The van der Waals surface area contributed by atoms with Gasteiger partial charge in [-0.15, -0.1) is 0 Å². The van der Waals surface area contributed by atoms with Crippen LogP contribution >= 0.6 is 0 Å². The second kappa shape index (κ2) is 5.16. The van der Waals surface area contributed by atoms with Crippen molar-refractivity contribution in [1.82, 2.24) is 5.32 Å². The molecule has 1 nitrogen and oxygen atoms in total. The predicted molar refractivity (Wildman–Crippen MR) is 61.4 cm³/mol. The third kappa shape index (κ3) is 2.98. The average molecular weight is 195 g/mol. The van der Waals surface area contributed by atoms with Crippen molar-refractivity contribution in [2.24, 2.45) is 11.8 Å². The lowest BCUT2D eigenvalue weighted by atomic mass is 9.96. The highest BCUT2D eigenvalue weighted by Crippen LogP contribution is 2.36. The van der Waals surface area contributed by atoms with Crippen molar-refractivity contribution in [2.45, 2.75) is 64.3 Å². The first-order chi connectivity index (χ1) is 6.90. The van der Waals surface area contributed by atoms with Gasteiger partial charge < -0.3 is 5.32 Å². The Labute approximate surface area is 88.7 Å². The molecule has 0 bridgehead atoms. The minimum Gasteiger partial charge on any atom is -0.314 e. The van der Waals surface area contributed by atoms with Gasteiger partial charge in [-0.3, -0.25) is 0 Å². The molecule has 0 saturated heterocycles. The fraction of sp³-hybridized carbons (Fsp3) is 1.00. The average Bonchev–Trinajstić information content (AvgIpc) is 2.90. The highest BCUT2D eigenvalue weighted by Gasteiger charge is 2.30. The number of nitrogens with one attached hydrogen (secondary N) is 1. The molecule has 0 aliphatic heterocycles. The SMILES string of the molecule is CCNC(CCC1CCCC1)C1CC1. The minimum atomic E-state index is 0.862. The minimum absolute atomic E-state index is 0.862. The molecule has 0 aromatic heterocycles. The quantitative estimate of drug-likeness (QED) is 0.685. The van der Waals surface area contributed by atoms with E-state index in [0.29, 0.717) is 0 Å². The summed E-state index contributed by atoms with van der Waals surface area (Å²) in [6, 6.07) is 0.862. The van der Waals surface area contributed by atoms with E-state index < -0.39 is 0 Å². The molecule has 0 radical (unpaired) electrons. The Kier molecular flexibility index (Phi) is 3.86. The second-order valence-electron chi connectivity index (χ2n) is 5.23. The van der Waals surface area contributed by atoms with Crippen LogP contribution in [0, 0.1) is 11.8 Å². The monoisotopic (exact) mass is 195 g/mol. The Bertz CT molecular complexity index is 157. The molecule has 2 rings (SSSR count). The summed E-state index contributed by atoms with van der Waals surface area (Å²) in [5, 5.41) is 3.67. The summed E-state index contributed by atoms with van der Waals surface area (Å²) in [7, 11) is 0. The summed E-state index contributed by atoms with van der Waals surface area (Å²) in [6.45, 7) is 3.40. The molecule has 14 heavy (non-hydrogen) atoms. The van der Waals surface area contributed by atoms with Gasteiger partial charge in [-0.2, -0.15) is 0 Å². The summed E-state index contributed by atoms with van der Waals surface area (Å²) in [6.07, 6.45) is 12.0. The Balaban J connectivity index is 1.65. The first kappa shape index (κ1) is 10.5. The molecular weight excluding hydrogens is 170 g/mol. The van der Waals surface area contributed by atoms with Crippen molar-refractivity contribution in [3.63, 3.8) is 0 Å². The van der Waals surface area contributed by atoms with E-state index in [1.165, 1.54) is 51.4 Å². The number of rotatable bonds is 6. The molecule has 2 aliphatic carbocycles. The van der Waals surface area contributed by atoms with Gasteiger partial charge in [0.15, 0.2) is 0 Å². The molecule has 1 heteroatoms. The van der Waals surface area contributed by atoms with E-state index in [1.54, 1.807) is 0 Å². The molecular formula is C13H25N. The van der Waals surface area contributed by atoms with Crippen LogP contribution in [0.3, 0.4) is 0 Å². The zero-order valence-corrected chi connectivity index (χ0v) is 9.60. The Morgan fingerprint density at radius 3 is 2.43 bits per heavy atom. The van der Waals surface area contributed by atoms with E-state index in [0.717, 1.165) is 24.4 Å². The van der Waals surface area contributed by atoms with E-state index in [4.69, 9.17) is 0 Å². The fourth-order valence-electron chi connectivity index (χ4n) is 2.98. The predicted octanol–water partition coefficient (Wildman–Crippen LogP) is 3.34. The summed E-state index contributed by atoms with van der Waals surface area (Å²) < 4.78 is 0. The van der Waals surface area contributed by atoms with Crippen LogP contribution in [0.4, 0.5) is 0 Å². The Morgan fingerprint density at radius 2 is 1.86 bits per heavy atom. The Hall–Kier alpha value is -0.0400. The van der Waals surface area contributed by atoms with Gasteiger partial charge in [0.1, 0.15) is 0 Å². The van der Waals surface area contributed by atoms with Crippen LogP contribution in [-0.2, 0) is 0 Å². The van der Waals surface area contributed by atoms with Crippen LogP contribution in [0.5, 0.6) is 0 Å². The highest BCUT2D eigenvalue weighted by molar-refractivity contribution is 4.86. The van der Waals surface area contributed by atoms with E-state index in [-0.39, 0.29) is 0 Å². The molecule has 0 aromatic carbocycles. The standard InChI is InChI=1S/C13H25N/c1-2-14-13(12-8-9-12)10-7-11-5-3-4-6-11/h11-14H,2-10H2,1H3. The van der Waals surface area contributed by atoms with Gasteiger partial charge in [0.25, 0.3) is 0 Å². The molecule has 0 heterocycles. The number of hydrogen-bond donors (Lipinski definition) is 1. The molecule has 82 valence electrons. The van der Waals surface area contributed by atoms with Crippen LogP contribution < -0.4 is 5.32 Å². The molecule has 0 amide bonds. The van der Waals surface area contributed by atoms with Gasteiger partial charge in [-0.1, -0.05) is 32.6 Å².